The summed E-state index contributed by atoms with van der Waals surface area (Å²) in [5, 5.41) is 54.7. The van der Waals surface area contributed by atoms with Crippen molar-refractivity contribution in [2.45, 2.75) is 468 Å². The summed E-state index contributed by atoms with van der Waals surface area (Å²) in [5.74, 6) is -0.168. The number of allylic oxidation sites excluding steroid dienone is 5. The molecule has 0 aliphatic carbocycles. The van der Waals surface area contributed by atoms with Gasteiger partial charge in [0.05, 0.1) is 32.0 Å². The lowest BCUT2D eigenvalue weighted by atomic mass is 9.99. The van der Waals surface area contributed by atoms with Crippen LogP contribution in [0, 0.1) is 0 Å². The van der Waals surface area contributed by atoms with Gasteiger partial charge in [0.25, 0.3) is 0 Å². The summed E-state index contributed by atoms with van der Waals surface area (Å²) in [4.78, 5) is 25.2. The van der Waals surface area contributed by atoms with Crippen molar-refractivity contribution < 1.29 is 49.3 Å². The molecule has 1 saturated heterocycles. The Morgan fingerprint density at radius 2 is 0.726 bits per heavy atom. The number of hydrogen-bond donors (Lipinski definition) is 6. The van der Waals surface area contributed by atoms with E-state index in [9.17, 15) is 35.1 Å². The first-order chi connectivity index (χ1) is 46.7. The van der Waals surface area contributed by atoms with E-state index in [0.29, 0.717) is 19.4 Å². The Kier molecular flexibility index (Phi) is 69.9. The van der Waals surface area contributed by atoms with Crippen molar-refractivity contribution in [3.8, 4) is 0 Å². The second kappa shape index (κ2) is 73.1. The third-order valence-electron chi connectivity index (χ3n) is 20.0. The monoisotopic (exact) mass is 1340 g/mol. The Morgan fingerprint density at radius 3 is 1.11 bits per heavy atom. The van der Waals surface area contributed by atoms with E-state index >= 15 is 0 Å². The second-order valence-corrected chi connectivity index (χ2v) is 29.2. The summed E-state index contributed by atoms with van der Waals surface area (Å²) in [6.45, 7) is 4.34. The van der Waals surface area contributed by atoms with Crippen LogP contribution in [0.1, 0.15) is 425 Å². The number of esters is 1. The van der Waals surface area contributed by atoms with E-state index < -0.39 is 49.5 Å². The number of nitrogens with one attached hydrogen (secondary N) is 1. The first-order valence-electron chi connectivity index (χ1n) is 41.8. The van der Waals surface area contributed by atoms with Gasteiger partial charge in [-0.2, -0.15) is 0 Å². The Hall–Kier alpha value is -2.12. The van der Waals surface area contributed by atoms with Gasteiger partial charge in [-0.15, -0.1) is 0 Å². The molecule has 0 aromatic heterocycles. The van der Waals surface area contributed by atoms with Crippen molar-refractivity contribution in [1.82, 2.24) is 5.32 Å². The highest BCUT2D eigenvalue weighted by Gasteiger charge is 2.44. The lowest BCUT2D eigenvalue weighted by molar-refractivity contribution is -0.302. The van der Waals surface area contributed by atoms with Crippen LogP contribution < -0.4 is 5.32 Å². The molecule has 0 bridgehead atoms. The van der Waals surface area contributed by atoms with Crippen molar-refractivity contribution in [1.29, 1.82) is 0 Å². The van der Waals surface area contributed by atoms with E-state index in [2.05, 4.69) is 43.5 Å². The minimum atomic E-state index is -1.57. The van der Waals surface area contributed by atoms with Crippen molar-refractivity contribution >= 4 is 11.9 Å². The van der Waals surface area contributed by atoms with Gasteiger partial charge in [-0.25, -0.2) is 0 Å². The van der Waals surface area contributed by atoms with Crippen LogP contribution in [0.2, 0.25) is 0 Å². The fourth-order valence-corrected chi connectivity index (χ4v) is 13.5. The topological polar surface area (TPSA) is 175 Å². The van der Waals surface area contributed by atoms with E-state index in [4.69, 9.17) is 14.2 Å². The van der Waals surface area contributed by atoms with Crippen LogP contribution in [0.15, 0.2) is 36.5 Å². The molecule has 0 spiro atoms. The molecule has 95 heavy (non-hydrogen) atoms. The molecule has 7 atom stereocenters. The lowest BCUT2D eigenvalue weighted by Crippen LogP contribution is -2.60. The third kappa shape index (κ3) is 61.5. The normalized spacial score (nSPS) is 17.5. The van der Waals surface area contributed by atoms with Crippen LogP contribution in [0.25, 0.3) is 0 Å². The molecule has 0 aromatic rings. The molecule has 0 saturated carbocycles. The van der Waals surface area contributed by atoms with Crippen molar-refractivity contribution in [2.75, 3.05) is 19.8 Å². The number of ether oxygens (including phenoxy) is 3. The highest BCUT2D eigenvalue weighted by molar-refractivity contribution is 5.76. The summed E-state index contributed by atoms with van der Waals surface area (Å²) >= 11 is 0. The molecule has 1 aliphatic rings. The standard InChI is InChI=1S/C84H159NO10/c1-3-5-7-9-11-13-15-17-43-47-50-54-58-62-66-70-77(87)76(75-94-84-83(92)82(91)81(90)78(74-86)95-84)85-79(88)71-67-63-59-55-51-48-44-41-39-37-35-33-31-29-27-25-23-21-19-18-20-22-24-26-28-30-32-34-36-38-40-42-45-49-53-57-61-65-69-73-93-80(89)72-68-64-60-56-52-46-16-14-12-10-8-6-4-2/h8,10,14,16,66,70,76-78,81-84,86-87,90-92H,3-7,9,11-13,15,17-65,67-69,71-75H2,1-2H3,(H,85,88)/b10-8-,16-14-,70-66+. The first kappa shape index (κ1) is 90.9. The van der Waals surface area contributed by atoms with Crippen LogP contribution in [0.5, 0.6) is 0 Å². The number of carbonyl (C=O) groups excluding carboxylic acids is 2. The highest BCUT2D eigenvalue weighted by atomic mass is 16.7. The van der Waals surface area contributed by atoms with Crippen molar-refractivity contribution in [3.05, 3.63) is 36.5 Å². The molecular weight excluding hydrogens is 1180 g/mol. The quantitative estimate of drug-likeness (QED) is 0.0195. The largest absolute Gasteiger partial charge is 0.466 e. The summed E-state index contributed by atoms with van der Waals surface area (Å²) < 4.78 is 16.8. The summed E-state index contributed by atoms with van der Waals surface area (Å²) in [5.41, 5.74) is 0. The lowest BCUT2D eigenvalue weighted by Gasteiger charge is -2.40. The average molecular weight is 1340 g/mol. The Balaban J connectivity index is 1.88. The van der Waals surface area contributed by atoms with E-state index in [1.807, 2.05) is 6.08 Å². The maximum Gasteiger partial charge on any atom is 0.305 e. The molecule has 1 aliphatic heterocycles. The fourth-order valence-electron chi connectivity index (χ4n) is 13.5. The Morgan fingerprint density at radius 1 is 0.389 bits per heavy atom. The van der Waals surface area contributed by atoms with Gasteiger partial charge in [-0.1, -0.05) is 391 Å². The fraction of sp³-hybridized carbons (Fsp3) is 0.905. The van der Waals surface area contributed by atoms with Gasteiger partial charge < -0.3 is 45.1 Å². The highest BCUT2D eigenvalue weighted by Crippen LogP contribution is 2.24. The van der Waals surface area contributed by atoms with Crippen LogP contribution in [-0.2, 0) is 23.8 Å². The maximum absolute atomic E-state index is 13.1. The van der Waals surface area contributed by atoms with Gasteiger partial charge in [-0.05, 0) is 57.8 Å². The first-order valence-corrected chi connectivity index (χ1v) is 41.8. The molecular formula is C84H159NO10. The summed E-state index contributed by atoms with van der Waals surface area (Å²) in [7, 11) is 0. The number of rotatable bonds is 75. The van der Waals surface area contributed by atoms with E-state index in [1.54, 1.807) is 6.08 Å². The van der Waals surface area contributed by atoms with Crippen LogP contribution in [0.4, 0.5) is 0 Å². The third-order valence-corrected chi connectivity index (χ3v) is 20.0. The molecule has 0 radical (unpaired) electrons. The van der Waals surface area contributed by atoms with Gasteiger partial charge in [0.15, 0.2) is 6.29 Å². The average Bonchev–Trinajstić information content (AvgIpc) is 0.849. The maximum atomic E-state index is 13.1. The Bertz CT molecular complexity index is 1670. The van der Waals surface area contributed by atoms with Crippen LogP contribution >= 0.6 is 0 Å². The van der Waals surface area contributed by atoms with Gasteiger partial charge in [-0.3, -0.25) is 9.59 Å². The number of aliphatic hydroxyl groups is 5. The predicted molar refractivity (Wildman–Crippen MR) is 403 cm³/mol. The molecule has 560 valence electrons. The van der Waals surface area contributed by atoms with Gasteiger partial charge in [0.1, 0.15) is 24.4 Å². The molecule has 7 unspecified atom stereocenters. The predicted octanol–water partition coefficient (Wildman–Crippen LogP) is 22.9. The van der Waals surface area contributed by atoms with Crippen LogP contribution in [-0.4, -0.2) is 100 Å². The molecule has 1 heterocycles. The molecule has 1 amide bonds. The zero-order valence-electron chi connectivity index (χ0n) is 62.7. The van der Waals surface area contributed by atoms with E-state index in [-0.39, 0.29) is 18.5 Å². The van der Waals surface area contributed by atoms with E-state index in [1.165, 1.54) is 334 Å². The van der Waals surface area contributed by atoms with Gasteiger partial charge in [0, 0.05) is 12.8 Å². The zero-order valence-corrected chi connectivity index (χ0v) is 62.7. The van der Waals surface area contributed by atoms with Crippen LogP contribution in [0.3, 0.4) is 0 Å². The van der Waals surface area contributed by atoms with Crippen molar-refractivity contribution in [3.63, 3.8) is 0 Å². The minimum Gasteiger partial charge on any atom is -0.466 e. The number of aliphatic hydroxyl groups excluding tert-OH is 5. The van der Waals surface area contributed by atoms with Crippen molar-refractivity contribution in [2.24, 2.45) is 0 Å². The number of hydrogen-bond acceptors (Lipinski definition) is 10. The summed E-state index contributed by atoms with van der Waals surface area (Å²) in [6.07, 6.45) is 86.2. The smallest absolute Gasteiger partial charge is 0.305 e. The molecule has 11 heteroatoms. The van der Waals surface area contributed by atoms with Gasteiger partial charge in [0.2, 0.25) is 5.91 Å². The van der Waals surface area contributed by atoms with Gasteiger partial charge >= 0.3 is 5.97 Å². The Labute approximate surface area is 587 Å². The number of amides is 1. The molecule has 1 rings (SSSR count). The molecule has 11 nitrogen and oxygen atoms in total. The minimum absolute atomic E-state index is 0.00349. The SMILES string of the molecule is CCC/C=C\C/C=C\CCCCCCCC(=O)OCCCCCCCCCCCCCCCCCCCCCCCCCCCCCCCCCCCCCCCCCC(=O)NC(COC1OC(CO)C(O)C(O)C1O)C(O)/C=C/CCCCCCCCCCCCCCC. The second-order valence-electron chi connectivity index (χ2n) is 29.2. The number of carbonyl (C=O) groups is 2. The summed E-state index contributed by atoms with van der Waals surface area (Å²) in [6, 6.07) is -0.806. The van der Waals surface area contributed by atoms with E-state index in [0.717, 1.165) is 64.2 Å². The molecule has 1 fully saturated rings. The zero-order chi connectivity index (χ0) is 68.6. The number of unbranched alkanes of at least 4 members (excludes halogenated alkanes) is 57. The molecule has 0 aromatic carbocycles. The molecule has 6 N–H and O–H groups in total.